The number of halogens is 2. The fourth-order valence-corrected chi connectivity index (χ4v) is 2.11. The van der Waals surface area contributed by atoms with E-state index in [4.69, 9.17) is 11.6 Å². The predicted molar refractivity (Wildman–Crippen MR) is 67.5 cm³/mol. The fraction of sp³-hybridized carbons (Fsp3) is 0.455. The molecule has 0 aliphatic rings. The molecule has 1 aromatic rings. The van der Waals surface area contributed by atoms with Gasteiger partial charge in [-0.2, -0.15) is 0 Å². The maximum Gasteiger partial charge on any atom is 0.0231 e. The van der Waals surface area contributed by atoms with Gasteiger partial charge in [-0.1, -0.05) is 26.0 Å². The Balaban J connectivity index is 2.87. The first-order valence-electron chi connectivity index (χ1n) is 4.38. The summed E-state index contributed by atoms with van der Waals surface area (Å²) in [5.41, 5.74) is 1.57. The molecule has 0 heterocycles. The van der Waals surface area contributed by atoms with E-state index in [-0.39, 0.29) is 5.41 Å². The highest BCUT2D eigenvalue weighted by Gasteiger charge is 2.18. The first kappa shape index (κ1) is 11.3. The molecule has 72 valence electrons. The van der Waals surface area contributed by atoms with Crippen molar-refractivity contribution in [2.75, 3.05) is 5.88 Å². The number of hydrogen-bond acceptors (Lipinski definition) is 0. The molecular formula is C11H14ClI. The summed E-state index contributed by atoms with van der Waals surface area (Å²) in [5.74, 6) is 0.721. The standard InChI is InChI=1S/C11H14ClI/c1-11(2,7-8-12)9-3-5-10(13)6-4-9/h3-6H,7-8H2,1-2H3. The summed E-state index contributed by atoms with van der Waals surface area (Å²) >= 11 is 8.09. The van der Waals surface area contributed by atoms with E-state index in [0.717, 1.165) is 12.3 Å². The predicted octanol–water partition coefficient (Wildman–Crippen LogP) is 4.20. The van der Waals surface area contributed by atoms with Gasteiger partial charge in [0.25, 0.3) is 0 Å². The molecule has 0 saturated heterocycles. The molecule has 0 bridgehead atoms. The van der Waals surface area contributed by atoms with Crippen LogP contribution >= 0.6 is 34.2 Å². The average Bonchev–Trinajstić information content (AvgIpc) is 2.05. The molecule has 0 fully saturated rings. The molecule has 0 atom stereocenters. The summed E-state index contributed by atoms with van der Waals surface area (Å²) in [5, 5.41) is 0. The van der Waals surface area contributed by atoms with Crippen molar-refractivity contribution in [2.24, 2.45) is 0 Å². The van der Waals surface area contributed by atoms with Crippen LogP contribution in [0.2, 0.25) is 0 Å². The van der Waals surface area contributed by atoms with Crippen molar-refractivity contribution in [3.63, 3.8) is 0 Å². The first-order chi connectivity index (χ1) is 6.06. The average molecular weight is 309 g/mol. The van der Waals surface area contributed by atoms with Crippen molar-refractivity contribution in [3.8, 4) is 0 Å². The third-order valence-electron chi connectivity index (χ3n) is 2.35. The zero-order chi connectivity index (χ0) is 9.90. The molecule has 0 aliphatic carbocycles. The lowest BCUT2D eigenvalue weighted by molar-refractivity contribution is 0.509. The highest BCUT2D eigenvalue weighted by Crippen LogP contribution is 2.27. The van der Waals surface area contributed by atoms with Gasteiger partial charge in [-0.05, 0) is 52.1 Å². The molecule has 0 aromatic heterocycles. The molecule has 2 heteroatoms. The van der Waals surface area contributed by atoms with Crippen molar-refractivity contribution >= 4 is 34.2 Å². The Bertz CT molecular complexity index is 264. The first-order valence-corrected chi connectivity index (χ1v) is 5.99. The maximum absolute atomic E-state index is 5.77. The number of alkyl halides is 1. The Morgan fingerprint density at radius 3 is 2.23 bits per heavy atom. The summed E-state index contributed by atoms with van der Waals surface area (Å²) in [6, 6.07) is 8.67. The molecule has 0 nitrogen and oxygen atoms in total. The van der Waals surface area contributed by atoms with E-state index in [0.29, 0.717) is 0 Å². The number of rotatable bonds is 3. The second kappa shape index (κ2) is 4.65. The molecule has 0 saturated carbocycles. The lowest BCUT2D eigenvalue weighted by Gasteiger charge is -2.24. The van der Waals surface area contributed by atoms with Crippen molar-refractivity contribution in [1.29, 1.82) is 0 Å². The van der Waals surface area contributed by atoms with E-state index < -0.39 is 0 Å². The van der Waals surface area contributed by atoms with Crippen LogP contribution in [0.25, 0.3) is 0 Å². The minimum atomic E-state index is 0.200. The van der Waals surface area contributed by atoms with Gasteiger partial charge in [0.1, 0.15) is 0 Å². The van der Waals surface area contributed by atoms with Crippen molar-refractivity contribution in [2.45, 2.75) is 25.7 Å². The van der Waals surface area contributed by atoms with Gasteiger partial charge >= 0.3 is 0 Å². The van der Waals surface area contributed by atoms with Gasteiger partial charge in [-0.3, -0.25) is 0 Å². The van der Waals surface area contributed by atoms with Crippen LogP contribution in [0.1, 0.15) is 25.8 Å². The van der Waals surface area contributed by atoms with Crippen LogP contribution in [0.5, 0.6) is 0 Å². The van der Waals surface area contributed by atoms with Crippen LogP contribution in [-0.2, 0) is 5.41 Å². The molecule has 0 spiro atoms. The molecule has 1 aromatic carbocycles. The highest BCUT2D eigenvalue weighted by atomic mass is 127. The second-order valence-electron chi connectivity index (χ2n) is 3.83. The van der Waals surface area contributed by atoms with E-state index in [2.05, 4.69) is 60.7 Å². The SMILES string of the molecule is CC(C)(CCCl)c1ccc(I)cc1. The molecule has 13 heavy (non-hydrogen) atoms. The van der Waals surface area contributed by atoms with Gasteiger partial charge in [0, 0.05) is 9.45 Å². The summed E-state index contributed by atoms with van der Waals surface area (Å²) in [7, 11) is 0. The zero-order valence-corrected chi connectivity index (χ0v) is 10.9. The van der Waals surface area contributed by atoms with E-state index in [1.807, 2.05) is 0 Å². The van der Waals surface area contributed by atoms with E-state index in [1.54, 1.807) is 0 Å². The maximum atomic E-state index is 5.77. The number of benzene rings is 1. The molecule has 0 radical (unpaired) electrons. The Labute approximate surface area is 98.8 Å². The minimum absolute atomic E-state index is 0.200. The van der Waals surface area contributed by atoms with Crippen LogP contribution in [0.3, 0.4) is 0 Å². The number of hydrogen-bond donors (Lipinski definition) is 0. The van der Waals surface area contributed by atoms with E-state index in [9.17, 15) is 0 Å². The van der Waals surface area contributed by atoms with Crippen LogP contribution in [0.4, 0.5) is 0 Å². The van der Waals surface area contributed by atoms with Crippen molar-refractivity contribution < 1.29 is 0 Å². The second-order valence-corrected chi connectivity index (χ2v) is 5.45. The Morgan fingerprint density at radius 1 is 1.23 bits per heavy atom. The third-order valence-corrected chi connectivity index (χ3v) is 3.25. The normalized spacial score (nSPS) is 11.7. The summed E-state index contributed by atoms with van der Waals surface area (Å²) < 4.78 is 1.28. The quantitative estimate of drug-likeness (QED) is 0.580. The van der Waals surface area contributed by atoms with Gasteiger partial charge in [-0.15, -0.1) is 11.6 Å². The van der Waals surface area contributed by atoms with E-state index in [1.165, 1.54) is 9.13 Å². The van der Waals surface area contributed by atoms with E-state index >= 15 is 0 Å². The van der Waals surface area contributed by atoms with Gasteiger partial charge in [0.05, 0.1) is 0 Å². The Morgan fingerprint density at radius 2 is 1.77 bits per heavy atom. The third kappa shape index (κ3) is 3.13. The van der Waals surface area contributed by atoms with Crippen LogP contribution < -0.4 is 0 Å². The van der Waals surface area contributed by atoms with Gasteiger partial charge in [0.2, 0.25) is 0 Å². The molecular weight excluding hydrogens is 294 g/mol. The molecule has 0 aliphatic heterocycles. The van der Waals surface area contributed by atoms with Crippen LogP contribution in [0, 0.1) is 3.57 Å². The van der Waals surface area contributed by atoms with Gasteiger partial charge in [0.15, 0.2) is 0 Å². The molecule has 1 rings (SSSR count). The minimum Gasteiger partial charge on any atom is -0.127 e. The monoisotopic (exact) mass is 308 g/mol. The topological polar surface area (TPSA) is 0 Å². The lowest BCUT2D eigenvalue weighted by atomic mass is 9.82. The largest absolute Gasteiger partial charge is 0.127 e. The summed E-state index contributed by atoms with van der Waals surface area (Å²) in [6.07, 6.45) is 1.02. The highest BCUT2D eigenvalue weighted by molar-refractivity contribution is 14.1. The smallest absolute Gasteiger partial charge is 0.0231 e. The summed E-state index contributed by atoms with van der Waals surface area (Å²) in [6.45, 7) is 4.47. The Kier molecular flexibility index (Phi) is 4.05. The van der Waals surface area contributed by atoms with Gasteiger partial charge in [-0.25, -0.2) is 0 Å². The van der Waals surface area contributed by atoms with Gasteiger partial charge < -0.3 is 0 Å². The summed E-state index contributed by atoms with van der Waals surface area (Å²) in [4.78, 5) is 0. The van der Waals surface area contributed by atoms with Crippen molar-refractivity contribution in [1.82, 2.24) is 0 Å². The van der Waals surface area contributed by atoms with Crippen LogP contribution in [-0.4, -0.2) is 5.88 Å². The molecule has 0 amide bonds. The lowest BCUT2D eigenvalue weighted by Crippen LogP contribution is -2.17. The Hall–Kier alpha value is 0.240. The molecule has 0 unspecified atom stereocenters. The fourth-order valence-electron chi connectivity index (χ4n) is 1.28. The molecule has 0 N–H and O–H groups in total. The van der Waals surface area contributed by atoms with Crippen molar-refractivity contribution in [3.05, 3.63) is 33.4 Å². The zero-order valence-electron chi connectivity index (χ0n) is 7.98. The van der Waals surface area contributed by atoms with Crippen LogP contribution in [0.15, 0.2) is 24.3 Å².